The first-order chi connectivity index (χ1) is 10.7. The van der Waals surface area contributed by atoms with Crippen LogP contribution in [0.1, 0.15) is 0 Å². The van der Waals surface area contributed by atoms with Gasteiger partial charge in [-0.25, -0.2) is 0 Å². The second-order valence-corrected chi connectivity index (χ2v) is 6.40. The lowest BCUT2D eigenvalue weighted by atomic mass is 10.2. The summed E-state index contributed by atoms with van der Waals surface area (Å²) in [5.41, 5.74) is 0.774. The van der Waals surface area contributed by atoms with Crippen molar-refractivity contribution in [1.29, 1.82) is 0 Å². The fourth-order valence-corrected chi connectivity index (χ4v) is 2.96. The van der Waals surface area contributed by atoms with Gasteiger partial charge in [-0.2, -0.15) is 9.97 Å². The third-order valence-electron chi connectivity index (χ3n) is 2.94. The van der Waals surface area contributed by atoms with Gasteiger partial charge in [-0.1, -0.05) is 11.6 Å². The van der Waals surface area contributed by atoms with Crippen LogP contribution >= 0.6 is 35.1 Å². The molecule has 0 N–H and O–H groups in total. The third kappa shape index (κ3) is 3.29. The Bertz CT molecular complexity index is 807. The largest absolute Gasteiger partial charge is 0.423 e. The Kier molecular flexibility index (Phi) is 4.71. The van der Waals surface area contributed by atoms with E-state index in [4.69, 9.17) is 16.3 Å². The van der Waals surface area contributed by atoms with Crippen LogP contribution in [-0.4, -0.2) is 27.5 Å². The second kappa shape index (κ2) is 6.73. The number of thioether (sulfide) groups is 2. The van der Waals surface area contributed by atoms with Crippen LogP contribution in [0.4, 0.5) is 0 Å². The van der Waals surface area contributed by atoms with E-state index < -0.39 is 0 Å². The van der Waals surface area contributed by atoms with Crippen LogP contribution in [0.15, 0.2) is 46.6 Å². The smallest absolute Gasteiger partial charge is 0.324 e. The molecular weight excluding hydrogens is 338 g/mol. The molecule has 3 aromatic rings. The molecule has 112 valence electrons. The first kappa shape index (κ1) is 15.4. The molecule has 0 aliphatic carbocycles. The molecule has 0 spiro atoms. The molecule has 0 amide bonds. The van der Waals surface area contributed by atoms with E-state index in [2.05, 4.69) is 15.0 Å². The Labute approximate surface area is 141 Å². The number of halogens is 1. The van der Waals surface area contributed by atoms with E-state index in [9.17, 15) is 0 Å². The van der Waals surface area contributed by atoms with E-state index in [1.165, 1.54) is 0 Å². The van der Waals surface area contributed by atoms with Crippen LogP contribution in [-0.2, 0) is 0 Å². The molecule has 2 heterocycles. The van der Waals surface area contributed by atoms with Crippen molar-refractivity contribution in [3.05, 3.63) is 41.6 Å². The molecular formula is C15H12ClN3OS2. The zero-order valence-corrected chi connectivity index (χ0v) is 14.3. The van der Waals surface area contributed by atoms with Gasteiger partial charge in [0.2, 0.25) is 0 Å². The standard InChI is InChI=1S/C15H12ClN3OS2/c1-21-13-8-14(22-2)19-15(18-13)20-12-5-6-17-11-7-9(16)3-4-10(11)12/h3-8H,1-2H3. The number of benzene rings is 1. The molecule has 0 atom stereocenters. The van der Waals surface area contributed by atoms with Crippen LogP contribution in [0.25, 0.3) is 10.9 Å². The molecule has 0 saturated heterocycles. The van der Waals surface area contributed by atoms with Crippen LogP contribution in [0.3, 0.4) is 0 Å². The summed E-state index contributed by atoms with van der Waals surface area (Å²) in [7, 11) is 0. The van der Waals surface area contributed by atoms with Crippen molar-refractivity contribution in [2.45, 2.75) is 10.1 Å². The van der Waals surface area contributed by atoms with Gasteiger partial charge in [-0.3, -0.25) is 4.98 Å². The summed E-state index contributed by atoms with van der Waals surface area (Å²) in [6.45, 7) is 0. The molecule has 0 aliphatic rings. The first-order valence-corrected chi connectivity index (χ1v) is 9.21. The van der Waals surface area contributed by atoms with Crippen LogP contribution in [0, 0.1) is 0 Å². The average Bonchev–Trinajstić information content (AvgIpc) is 2.54. The minimum absolute atomic E-state index is 0.332. The highest BCUT2D eigenvalue weighted by Gasteiger charge is 2.09. The molecule has 0 unspecified atom stereocenters. The average molecular weight is 350 g/mol. The molecule has 0 fully saturated rings. The summed E-state index contributed by atoms with van der Waals surface area (Å²) in [6, 6.07) is 9.56. The van der Waals surface area contributed by atoms with E-state index in [-0.39, 0.29) is 0 Å². The summed E-state index contributed by atoms with van der Waals surface area (Å²) < 4.78 is 5.88. The molecule has 0 radical (unpaired) electrons. The molecule has 1 aromatic carbocycles. The summed E-state index contributed by atoms with van der Waals surface area (Å²) in [4.78, 5) is 13.1. The van der Waals surface area contributed by atoms with Gasteiger partial charge in [-0.15, -0.1) is 23.5 Å². The molecule has 0 saturated carbocycles. The quantitative estimate of drug-likeness (QED) is 0.492. The van der Waals surface area contributed by atoms with Crippen molar-refractivity contribution in [1.82, 2.24) is 15.0 Å². The van der Waals surface area contributed by atoms with Crippen molar-refractivity contribution in [2.75, 3.05) is 12.5 Å². The highest BCUT2D eigenvalue weighted by Crippen LogP contribution is 2.30. The number of ether oxygens (including phenoxy) is 1. The number of hydrogen-bond acceptors (Lipinski definition) is 6. The molecule has 0 aliphatic heterocycles. The number of rotatable bonds is 4. The second-order valence-electron chi connectivity index (χ2n) is 4.31. The molecule has 3 rings (SSSR count). The Morgan fingerprint density at radius 1 is 1.00 bits per heavy atom. The fourth-order valence-electron chi connectivity index (χ4n) is 1.92. The van der Waals surface area contributed by atoms with Gasteiger partial charge in [0.15, 0.2) is 0 Å². The zero-order valence-electron chi connectivity index (χ0n) is 11.9. The van der Waals surface area contributed by atoms with E-state index in [0.29, 0.717) is 16.8 Å². The van der Waals surface area contributed by atoms with Gasteiger partial charge in [0.05, 0.1) is 5.52 Å². The summed E-state index contributed by atoms with van der Waals surface area (Å²) in [5, 5.41) is 3.25. The maximum atomic E-state index is 6.00. The Balaban J connectivity index is 2.03. The maximum absolute atomic E-state index is 6.00. The van der Waals surface area contributed by atoms with E-state index in [1.807, 2.05) is 30.7 Å². The minimum Gasteiger partial charge on any atom is -0.423 e. The van der Waals surface area contributed by atoms with Crippen molar-refractivity contribution in [3.8, 4) is 11.8 Å². The van der Waals surface area contributed by atoms with Crippen LogP contribution in [0.5, 0.6) is 11.8 Å². The molecule has 22 heavy (non-hydrogen) atoms. The lowest BCUT2D eigenvalue weighted by Crippen LogP contribution is -1.95. The van der Waals surface area contributed by atoms with E-state index >= 15 is 0 Å². The van der Waals surface area contributed by atoms with Gasteiger partial charge < -0.3 is 4.74 Å². The lowest BCUT2D eigenvalue weighted by Gasteiger charge is -2.09. The van der Waals surface area contributed by atoms with Crippen molar-refractivity contribution >= 4 is 46.0 Å². The van der Waals surface area contributed by atoms with Crippen molar-refractivity contribution in [3.63, 3.8) is 0 Å². The maximum Gasteiger partial charge on any atom is 0.324 e. The molecule has 0 bridgehead atoms. The number of nitrogens with zero attached hydrogens (tertiary/aromatic N) is 3. The number of pyridine rings is 1. The van der Waals surface area contributed by atoms with Crippen LogP contribution in [0.2, 0.25) is 5.02 Å². The SMILES string of the molecule is CSc1cc(SC)nc(Oc2ccnc3cc(Cl)ccc23)n1. The lowest BCUT2D eigenvalue weighted by molar-refractivity contribution is 0.436. The zero-order chi connectivity index (χ0) is 15.5. The predicted octanol–water partition coefficient (Wildman–Crippen LogP) is 4.91. The Morgan fingerprint density at radius 3 is 2.41 bits per heavy atom. The predicted molar refractivity (Wildman–Crippen MR) is 92.4 cm³/mol. The van der Waals surface area contributed by atoms with E-state index in [0.717, 1.165) is 21.0 Å². The third-order valence-corrected chi connectivity index (χ3v) is 4.43. The monoisotopic (exact) mass is 349 g/mol. The van der Waals surface area contributed by atoms with Gasteiger partial charge >= 0.3 is 6.01 Å². The normalized spacial score (nSPS) is 10.9. The van der Waals surface area contributed by atoms with Crippen LogP contribution < -0.4 is 4.74 Å². The van der Waals surface area contributed by atoms with Gasteiger partial charge in [-0.05, 0) is 36.8 Å². The highest BCUT2D eigenvalue weighted by atomic mass is 35.5. The molecule has 4 nitrogen and oxygen atoms in total. The fraction of sp³-hybridized carbons (Fsp3) is 0.133. The Hall–Kier alpha value is -1.50. The number of aromatic nitrogens is 3. The number of hydrogen-bond donors (Lipinski definition) is 0. The highest BCUT2D eigenvalue weighted by molar-refractivity contribution is 7.99. The summed E-state index contributed by atoms with van der Waals surface area (Å²) in [6.07, 6.45) is 5.63. The Morgan fingerprint density at radius 2 is 1.73 bits per heavy atom. The molecule has 2 aromatic heterocycles. The molecule has 7 heteroatoms. The van der Waals surface area contributed by atoms with E-state index in [1.54, 1.807) is 41.9 Å². The van der Waals surface area contributed by atoms with Crippen molar-refractivity contribution in [2.24, 2.45) is 0 Å². The minimum atomic E-state index is 0.332. The summed E-state index contributed by atoms with van der Waals surface area (Å²) >= 11 is 9.11. The van der Waals surface area contributed by atoms with Crippen molar-refractivity contribution < 1.29 is 4.74 Å². The van der Waals surface area contributed by atoms with Gasteiger partial charge in [0.25, 0.3) is 0 Å². The topological polar surface area (TPSA) is 47.9 Å². The summed E-state index contributed by atoms with van der Waals surface area (Å²) in [5.74, 6) is 0.659. The first-order valence-electron chi connectivity index (χ1n) is 6.39. The number of fused-ring (bicyclic) bond motifs is 1. The van der Waals surface area contributed by atoms with Gasteiger partial charge in [0.1, 0.15) is 15.8 Å². The van der Waals surface area contributed by atoms with Gasteiger partial charge in [0, 0.05) is 22.7 Å².